The fraction of sp³-hybridized carbons (Fsp3) is 0.240. The van der Waals surface area contributed by atoms with E-state index in [1.54, 1.807) is 12.4 Å². The number of anilines is 2. The van der Waals surface area contributed by atoms with Crippen LogP contribution in [-0.4, -0.2) is 57.9 Å². The van der Waals surface area contributed by atoms with Crippen LogP contribution in [0.2, 0.25) is 0 Å². The van der Waals surface area contributed by atoms with E-state index in [-0.39, 0.29) is 0 Å². The summed E-state index contributed by atoms with van der Waals surface area (Å²) in [6, 6.07) is 11.6. The van der Waals surface area contributed by atoms with Crippen molar-refractivity contribution >= 4 is 28.1 Å². The quantitative estimate of drug-likeness (QED) is 0.448. The third kappa shape index (κ3) is 4.60. The maximum Gasteiger partial charge on any atom is 0.333 e. The van der Waals surface area contributed by atoms with E-state index in [4.69, 9.17) is 0 Å². The predicted molar refractivity (Wildman–Crippen MR) is 131 cm³/mol. The molecule has 9 heteroatoms. The van der Waals surface area contributed by atoms with Gasteiger partial charge in [0, 0.05) is 67.0 Å². The molecule has 0 unspecified atom stereocenters. The maximum atomic E-state index is 12.9. The topological polar surface area (TPSA) is 62.1 Å². The second-order valence-corrected chi connectivity index (χ2v) is 8.41. The van der Waals surface area contributed by atoms with Gasteiger partial charge in [-0.15, -0.1) is 0 Å². The van der Waals surface area contributed by atoms with Crippen molar-refractivity contribution in [2.75, 3.05) is 43.4 Å². The largest absolute Gasteiger partial charge is 0.354 e. The van der Waals surface area contributed by atoms with E-state index in [1.807, 2.05) is 36.4 Å². The first kappa shape index (κ1) is 22.0. The molecule has 7 nitrogen and oxygen atoms in total. The lowest BCUT2D eigenvalue weighted by Crippen LogP contribution is -2.44. The van der Waals surface area contributed by atoms with Crippen LogP contribution < -0.4 is 10.2 Å². The monoisotopic (exact) mass is 461 g/mol. The Hall–Kier alpha value is -3.85. The SMILES string of the molecule is C=C(Nc1cc2cc(-c3cnn(C(F)F)c3)ccc2cn1)c1ccnc(N2CCN(C)CC2)c1. The van der Waals surface area contributed by atoms with Gasteiger partial charge in [0.15, 0.2) is 0 Å². The lowest BCUT2D eigenvalue weighted by Gasteiger charge is -2.33. The van der Waals surface area contributed by atoms with E-state index in [1.165, 1.54) is 12.4 Å². The normalized spacial score (nSPS) is 14.6. The number of benzene rings is 1. The maximum absolute atomic E-state index is 12.9. The van der Waals surface area contributed by atoms with E-state index < -0.39 is 6.55 Å². The number of nitrogens with one attached hydrogen (secondary N) is 1. The summed E-state index contributed by atoms with van der Waals surface area (Å²) in [6.45, 7) is 5.44. The Bertz CT molecular complexity index is 1330. The molecule has 1 saturated heterocycles. The number of rotatable bonds is 6. The number of fused-ring (bicyclic) bond motifs is 1. The molecule has 0 saturated carbocycles. The first-order valence-corrected chi connectivity index (χ1v) is 11.0. The molecule has 0 bridgehead atoms. The fourth-order valence-electron chi connectivity index (χ4n) is 4.02. The lowest BCUT2D eigenvalue weighted by atomic mass is 10.0. The molecule has 1 aromatic carbocycles. The summed E-state index contributed by atoms with van der Waals surface area (Å²) >= 11 is 0. The van der Waals surface area contributed by atoms with Crippen LogP contribution in [0.1, 0.15) is 12.1 Å². The van der Waals surface area contributed by atoms with Crippen molar-refractivity contribution in [1.29, 1.82) is 0 Å². The number of alkyl halides is 2. The summed E-state index contributed by atoms with van der Waals surface area (Å²) in [5.74, 6) is 1.59. The number of likely N-dealkylation sites (N-methyl/N-ethyl adjacent to an activating group) is 1. The van der Waals surface area contributed by atoms with Gasteiger partial charge in [-0.05, 0) is 42.3 Å². The van der Waals surface area contributed by atoms with Crippen LogP contribution in [0, 0.1) is 0 Å². The van der Waals surface area contributed by atoms with Crippen LogP contribution >= 0.6 is 0 Å². The zero-order valence-electron chi connectivity index (χ0n) is 18.8. The van der Waals surface area contributed by atoms with Crippen molar-refractivity contribution in [3.05, 3.63) is 73.3 Å². The molecule has 5 rings (SSSR count). The molecule has 1 N–H and O–H groups in total. The molecular formula is C25H25F2N7. The Kier molecular flexibility index (Phi) is 5.93. The summed E-state index contributed by atoms with van der Waals surface area (Å²) in [7, 11) is 2.13. The van der Waals surface area contributed by atoms with Gasteiger partial charge in [-0.3, -0.25) is 0 Å². The van der Waals surface area contributed by atoms with Gasteiger partial charge in [0.25, 0.3) is 0 Å². The van der Waals surface area contributed by atoms with Gasteiger partial charge < -0.3 is 15.1 Å². The lowest BCUT2D eigenvalue weighted by molar-refractivity contribution is 0.0566. The van der Waals surface area contributed by atoms with Crippen LogP contribution in [0.25, 0.3) is 27.6 Å². The van der Waals surface area contributed by atoms with Gasteiger partial charge in [-0.2, -0.15) is 13.9 Å². The van der Waals surface area contributed by atoms with Crippen molar-refractivity contribution < 1.29 is 8.78 Å². The molecule has 34 heavy (non-hydrogen) atoms. The van der Waals surface area contributed by atoms with Gasteiger partial charge >= 0.3 is 6.55 Å². The first-order valence-electron chi connectivity index (χ1n) is 11.0. The average molecular weight is 462 g/mol. The van der Waals surface area contributed by atoms with Gasteiger partial charge in [-0.1, -0.05) is 18.7 Å². The third-order valence-corrected chi connectivity index (χ3v) is 6.06. The van der Waals surface area contributed by atoms with Gasteiger partial charge in [0.05, 0.1) is 6.20 Å². The third-order valence-electron chi connectivity index (χ3n) is 6.06. The summed E-state index contributed by atoms with van der Waals surface area (Å²) in [5, 5.41) is 8.89. The molecule has 0 aliphatic carbocycles. The van der Waals surface area contributed by atoms with Gasteiger partial charge in [0.2, 0.25) is 0 Å². The zero-order valence-corrected chi connectivity index (χ0v) is 18.8. The molecule has 0 atom stereocenters. The van der Waals surface area contributed by atoms with Gasteiger partial charge in [0.1, 0.15) is 11.6 Å². The molecule has 4 aromatic rings. The minimum atomic E-state index is -2.66. The van der Waals surface area contributed by atoms with Crippen molar-refractivity contribution in [3.63, 3.8) is 0 Å². The number of hydrogen-bond donors (Lipinski definition) is 1. The van der Waals surface area contributed by atoms with E-state index in [2.05, 4.69) is 43.8 Å². The molecule has 174 valence electrons. The number of pyridine rings is 2. The Morgan fingerprint density at radius 1 is 0.971 bits per heavy atom. The van der Waals surface area contributed by atoms with Crippen LogP contribution in [0.15, 0.2) is 67.8 Å². The molecule has 4 heterocycles. The molecular weight excluding hydrogens is 436 g/mol. The second kappa shape index (κ2) is 9.18. The Morgan fingerprint density at radius 2 is 1.79 bits per heavy atom. The Labute approximate surface area is 196 Å². The van der Waals surface area contributed by atoms with Crippen molar-refractivity contribution in [2.45, 2.75) is 6.55 Å². The molecule has 3 aromatic heterocycles. The number of nitrogens with zero attached hydrogens (tertiary/aromatic N) is 6. The smallest absolute Gasteiger partial charge is 0.333 e. The fourth-order valence-corrected chi connectivity index (χ4v) is 4.02. The van der Waals surface area contributed by atoms with Crippen LogP contribution in [-0.2, 0) is 0 Å². The van der Waals surface area contributed by atoms with Crippen molar-refractivity contribution in [2.24, 2.45) is 0 Å². The molecule has 1 aliphatic rings. The van der Waals surface area contributed by atoms with E-state index >= 15 is 0 Å². The van der Waals surface area contributed by atoms with E-state index in [9.17, 15) is 8.78 Å². The summed E-state index contributed by atoms with van der Waals surface area (Å²) < 4.78 is 26.4. The molecule has 1 aliphatic heterocycles. The number of halogens is 2. The summed E-state index contributed by atoms with van der Waals surface area (Å²) in [5.41, 5.74) is 3.10. The van der Waals surface area contributed by atoms with E-state index in [0.29, 0.717) is 16.1 Å². The highest BCUT2D eigenvalue weighted by Gasteiger charge is 2.16. The highest BCUT2D eigenvalue weighted by Crippen LogP contribution is 2.27. The molecule has 0 amide bonds. The molecule has 0 spiro atoms. The van der Waals surface area contributed by atoms with Crippen LogP contribution in [0.5, 0.6) is 0 Å². The van der Waals surface area contributed by atoms with Crippen LogP contribution in [0.4, 0.5) is 20.4 Å². The standard InChI is InChI=1S/C25H25F2N7/c1-17(18-5-6-28-24(13-18)33-9-7-32(2)8-10-33)31-23-12-21-11-19(3-4-20(21)14-29-23)22-15-30-34(16-22)25(26)27/h3-6,11-16,25H,1,7-10H2,2H3,(H,29,31). The number of piperazine rings is 1. The zero-order chi connectivity index (χ0) is 23.7. The predicted octanol–water partition coefficient (Wildman–Crippen LogP) is 4.72. The molecule has 1 fully saturated rings. The summed E-state index contributed by atoms with van der Waals surface area (Å²) in [4.78, 5) is 13.6. The van der Waals surface area contributed by atoms with Crippen molar-refractivity contribution in [3.8, 4) is 11.1 Å². The number of hydrogen-bond acceptors (Lipinski definition) is 6. The Morgan fingerprint density at radius 3 is 2.56 bits per heavy atom. The van der Waals surface area contributed by atoms with E-state index in [0.717, 1.165) is 59.6 Å². The summed E-state index contributed by atoms with van der Waals surface area (Å²) in [6.07, 6.45) is 6.36. The van der Waals surface area contributed by atoms with Crippen molar-refractivity contribution in [1.82, 2.24) is 24.6 Å². The number of aromatic nitrogens is 4. The first-order chi connectivity index (χ1) is 16.5. The minimum absolute atomic E-state index is 0.631. The van der Waals surface area contributed by atoms with Gasteiger partial charge in [-0.25, -0.2) is 14.6 Å². The molecule has 0 radical (unpaired) electrons. The second-order valence-electron chi connectivity index (χ2n) is 8.41. The average Bonchev–Trinajstić information content (AvgIpc) is 3.35. The van der Waals surface area contributed by atoms with Crippen LogP contribution in [0.3, 0.4) is 0 Å². The Balaban J connectivity index is 1.35. The minimum Gasteiger partial charge on any atom is -0.354 e. The highest BCUT2D eigenvalue weighted by molar-refractivity contribution is 5.89. The highest BCUT2D eigenvalue weighted by atomic mass is 19.3.